The Labute approximate surface area is 120 Å². The maximum atomic E-state index is 12.2. The van der Waals surface area contributed by atoms with Gasteiger partial charge >= 0.3 is 5.97 Å². The van der Waals surface area contributed by atoms with Gasteiger partial charge in [-0.15, -0.1) is 0 Å². The third kappa shape index (κ3) is 4.94. The van der Waals surface area contributed by atoms with Crippen LogP contribution in [0.25, 0.3) is 0 Å². The molecule has 0 atom stereocenters. The van der Waals surface area contributed by atoms with Crippen LogP contribution in [0.2, 0.25) is 0 Å². The molecule has 0 bridgehead atoms. The Morgan fingerprint density at radius 2 is 1.75 bits per heavy atom. The van der Waals surface area contributed by atoms with E-state index in [4.69, 9.17) is 4.74 Å². The van der Waals surface area contributed by atoms with Crippen molar-refractivity contribution in [2.75, 3.05) is 13.6 Å². The number of hydrogen-bond donors (Lipinski definition) is 0. The fourth-order valence-corrected chi connectivity index (χ4v) is 2.73. The van der Waals surface area contributed by atoms with E-state index in [2.05, 4.69) is 0 Å². The van der Waals surface area contributed by atoms with Crippen LogP contribution < -0.4 is 0 Å². The van der Waals surface area contributed by atoms with Crippen LogP contribution in [0.4, 0.5) is 0 Å². The third-order valence-corrected chi connectivity index (χ3v) is 4.37. The maximum Gasteiger partial charge on any atom is 0.307 e. The number of sulfonamides is 1. The highest BCUT2D eigenvalue weighted by atomic mass is 32.2. The van der Waals surface area contributed by atoms with E-state index in [-0.39, 0.29) is 17.9 Å². The molecule has 0 spiro atoms. The van der Waals surface area contributed by atoms with Crippen LogP contribution in [0.1, 0.15) is 27.2 Å². The van der Waals surface area contributed by atoms with E-state index in [9.17, 15) is 13.2 Å². The molecule has 1 rings (SSSR count). The number of hydrogen-bond acceptors (Lipinski definition) is 4. The van der Waals surface area contributed by atoms with Gasteiger partial charge in [-0.25, -0.2) is 12.7 Å². The highest BCUT2D eigenvalue weighted by Crippen LogP contribution is 2.14. The molecule has 0 fully saturated rings. The highest BCUT2D eigenvalue weighted by Gasteiger charge is 2.22. The van der Waals surface area contributed by atoms with Gasteiger partial charge < -0.3 is 4.74 Å². The van der Waals surface area contributed by atoms with Crippen molar-refractivity contribution in [3.8, 4) is 0 Å². The van der Waals surface area contributed by atoms with E-state index >= 15 is 0 Å². The Hall–Kier alpha value is -1.40. The molecule has 1 aromatic carbocycles. The molecule has 0 aromatic heterocycles. The lowest BCUT2D eigenvalue weighted by Crippen LogP contribution is -2.31. The van der Waals surface area contributed by atoms with Crippen LogP contribution in [0.3, 0.4) is 0 Å². The van der Waals surface area contributed by atoms with Crippen molar-refractivity contribution in [2.45, 2.75) is 37.7 Å². The van der Waals surface area contributed by atoms with Crippen molar-refractivity contribution in [3.63, 3.8) is 0 Å². The smallest absolute Gasteiger partial charge is 0.307 e. The zero-order valence-corrected chi connectivity index (χ0v) is 13.1. The second-order valence-corrected chi connectivity index (χ2v) is 7.52. The number of nitrogens with zero attached hydrogens (tertiary/aromatic N) is 1. The molecule has 0 amide bonds. The largest absolute Gasteiger partial charge is 0.460 e. The molecule has 0 unspecified atom stereocenters. The van der Waals surface area contributed by atoms with E-state index in [0.29, 0.717) is 0 Å². The summed E-state index contributed by atoms with van der Waals surface area (Å²) in [4.78, 5) is 11.8. The van der Waals surface area contributed by atoms with Crippen molar-refractivity contribution in [3.05, 3.63) is 30.3 Å². The zero-order valence-electron chi connectivity index (χ0n) is 12.3. The summed E-state index contributed by atoms with van der Waals surface area (Å²) in [6.07, 6.45) is 0.0276. The van der Waals surface area contributed by atoms with Gasteiger partial charge in [0.05, 0.1) is 11.3 Å². The molecule has 6 heteroatoms. The molecule has 0 aliphatic carbocycles. The molecule has 0 radical (unpaired) electrons. The topological polar surface area (TPSA) is 63.7 Å². The molecule has 1 aromatic rings. The van der Waals surface area contributed by atoms with Gasteiger partial charge in [0.25, 0.3) is 0 Å². The lowest BCUT2D eigenvalue weighted by atomic mass is 10.2. The van der Waals surface area contributed by atoms with E-state index in [1.807, 2.05) is 0 Å². The summed E-state index contributed by atoms with van der Waals surface area (Å²) in [7, 11) is -2.10. The predicted molar refractivity (Wildman–Crippen MR) is 76.7 cm³/mol. The summed E-state index contributed by atoms with van der Waals surface area (Å²) in [6, 6.07) is 8.13. The van der Waals surface area contributed by atoms with Crippen LogP contribution in [0, 0.1) is 0 Å². The van der Waals surface area contributed by atoms with Crippen LogP contribution in [-0.4, -0.2) is 37.9 Å². The molecular formula is C14H21NO4S. The summed E-state index contributed by atoms with van der Waals surface area (Å²) in [5.41, 5.74) is -0.562. The lowest BCUT2D eigenvalue weighted by Gasteiger charge is -2.21. The molecule has 20 heavy (non-hydrogen) atoms. The number of rotatable bonds is 5. The summed E-state index contributed by atoms with van der Waals surface area (Å²) in [5.74, 6) is -0.410. The van der Waals surface area contributed by atoms with Gasteiger partial charge in [0.1, 0.15) is 5.60 Å². The molecule has 0 aliphatic rings. The minimum absolute atomic E-state index is 0.0276. The minimum atomic E-state index is -3.55. The number of esters is 1. The molecule has 0 aliphatic heterocycles. The number of carbonyl (C=O) groups excluding carboxylic acids is 1. The fraction of sp³-hybridized carbons (Fsp3) is 0.500. The number of carbonyl (C=O) groups is 1. The number of benzene rings is 1. The summed E-state index contributed by atoms with van der Waals surface area (Å²) >= 11 is 0. The summed E-state index contributed by atoms with van der Waals surface area (Å²) in [6.45, 7) is 5.41. The van der Waals surface area contributed by atoms with Crippen molar-refractivity contribution in [1.29, 1.82) is 0 Å². The second kappa shape index (κ2) is 6.37. The van der Waals surface area contributed by atoms with Crippen LogP contribution in [0.15, 0.2) is 35.2 Å². The van der Waals surface area contributed by atoms with E-state index in [1.165, 1.54) is 19.2 Å². The summed E-state index contributed by atoms with van der Waals surface area (Å²) < 4.78 is 30.7. The minimum Gasteiger partial charge on any atom is -0.460 e. The van der Waals surface area contributed by atoms with Crippen molar-refractivity contribution >= 4 is 16.0 Å². The Bertz CT molecular complexity index is 546. The predicted octanol–water partition coefficient (Wildman–Crippen LogP) is 2.04. The van der Waals surface area contributed by atoms with Gasteiger partial charge in [0, 0.05) is 13.6 Å². The average Bonchev–Trinajstić information content (AvgIpc) is 2.35. The van der Waals surface area contributed by atoms with Gasteiger partial charge in [0.2, 0.25) is 10.0 Å². The Balaban J connectivity index is 2.64. The molecular weight excluding hydrogens is 278 g/mol. The lowest BCUT2D eigenvalue weighted by molar-refractivity contribution is -0.154. The van der Waals surface area contributed by atoms with Gasteiger partial charge in [-0.05, 0) is 32.9 Å². The molecule has 0 N–H and O–H groups in total. The SMILES string of the molecule is CN(CCC(=O)OC(C)(C)C)S(=O)(=O)c1ccccc1. The Morgan fingerprint density at radius 1 is 1.20 bits per heavy atom. The zero-order chi connectivity index (χ0) is 15.4. The van der Waals surface area contributed by atoms with Gasteiger partial charge in [-0.1, -0.05) is 18.2 Å². The second-order valence-electron chi connectivity index (χ2n) is 5.48. The standard InChI is InChI=1S/C14H21NO4S/c1-14(2,3)19-13(16)10-11-15(4)20(17,18)12-8-6-5-7-9-12/h5-9H,10-11H2,1-4H3. The quantitative estimate of drug-likeness (QED) is 0.781. The Morgan fingerprint density at radius 3 is 2.25 bits per heavy atom. The fourth-order valence-electron chi connectivity index (χ4n) is 1.53. The van der Waals surface area contributed by atoms with Crippen molar-refractivity contribution < 1.29 is 17.9 Å². The first kappa shape index (κ1) is 16.7. The van der Waals surface area contributed by atoms with Crippen molar-refractivity contribution in [2.24, 2.45) is 0 Å². The van der Waals surface area contributed by atoms with Gasteiger partial charge in [-0.3, -0.25) is 4.79 Å². The van der Waals surface area contributed by atoms with E-state index in [1.54, 1.807) is 39.0 Å². The first-order valence-electron chi connectivity index (χ1n) is 6.36. The highest BCUT2D eigenvalue weighted by molar-refractivity contribution is 7.89. The van der Waals surface area contributed by atoms with Crippen molar-refractivity contribution in [1.82, 2.24) is 4.31 Å². The number of ether oxygens (including phenoxy) is 1. The van der Waals surface area contributed by atoms with Crippen LogP contribution >= 0.6 is 0 Å². The van der Waals surface area contributed by atoms with Crippen LogP contribution in [-0.2, 0) is 19.6 Å². The Kier molecular flexibility index (Phi) is 5.30. The van der Waals surface area contributed by atoms with E-state index < -0.39 is 21.6 Å². The first-order chi connectivity index (χ1) is 9.13. The van der Waals surface area contributed by atoms with E-state index in [0.717, 1.165) is 4.31 Å². The molecule has 0 heterocycles. The first-order valence-corrected chi connectivity index (χ1v) is 7.80. The van der Waals surface area contributed by atoms with Gasteiger partial charge in [-0.2, -0.15) is 0 Å². The average molecular weight is 299 g/mol. The monoisotopic (exact) mass is 299 g/mol. The summed E-state index contributed by atoms with van der Waals surface area (Å²) in [5, 5.41) is 0. The maximum absolute atomic E-state index is 12.2. The molecule has 5 nitrogen and oxygen atoms in total. The van der Waals surface area contributed by atoms with Crippen LogP contribution in [0.5, 0.6) is 0 Å². The normalized spacial score (nSPS) is 12.4. The third-order valence-electron chi connectivity index (χ3n) is 2.50. The molecule has 0 saturated heterocycles. The molecule has 0 saturated carbocycles. The molecule has 112 valence electrons. The van der Waals surface area contributed by atoms with Gasteiger partial charge in [0.15, 0.2) is 0 Å².